The Labute approximate surface area is 94.8 Å². The number of carbonyl (C=O) groups excluding carboxylic acids is 1. The molecular weight excluding hydrogens is 204 g/mol. The highest BCUT2D eigenvalue weighted by Crippen LogP contribution is 2.36. The van der Waals surface area contributed by atoms with Gasteiger partial charge in [0.25, 0.3) is 0 Å². The summed E-state index contributed by atoms with van der Waals surface area (Å²) in [6.07, 6.45) is 1.92. The fourth-order valence-electron chi connectivity index (χ4n) is 1.91. The molecule has 1 aliphatic carbocycles. The van der Waals surface area contributed by atoms with E-state index >= 15 is 0 Å². The van der Waals surface area contributed by atoms with Crippen molar-refractivity contribution in [3.05, 3.63) is 11.8 Å². The van der Waals surface area contributed by atoms with Gasteiger partial charge < -0.3 is 11.1 Å². The quantitative estimate of drug-likeness (QED) is 0.713. The van der Waals surface area contributed by atoms with Gasteiger partial charge >= 0.3 is 0 Å². The van der Waals surface area contributed by atoms with Crippen LogP contribution in [0.3, 0.4) is 0 Å². The number of anilines is 1. The summed E-state index contributed by atoms with van der Waals surface area (Å²) < 4.78 is 0. The fourth-order valence-corrected chi connectivity index (χ4v) is 1.91. The molecule has 0 saturated heterocycles. The van der Waals surface area contributed by atoms with Gasteiger partial charge in [-0.1, -0.05) is 13.8 Å². The van der Waals surface area contributed by atoms with Gasteiger partial charge in [-0.05, 0) is 12.8 Å². The molecule has 0 spiro atoms. The largest absolute Gasteiger partial charge is 0.384 e. The molecule has 0 aliphatic heterocycles. The van der Waals surface area contributed by atoms with Crippen LogP contribution in [0.5, 0.6) is 0 Å². The van der Waals surface area contributed by atoms with Crippen LogP contribution in [0.1, 0.15) is 38.3 Å². The van der Waals surface area contributed by atoms with Gasteiger partial charge in [-0.15, -0.1) is 0 Å². The van der Waals surface area contributed by atoms with Gasteiger partial charge in [0, 0.05) is 23.9 Å². The Bertz CT molecular complexity index is 379. The van der Waals surface area contributed by atoms with Gasteiger partial charge in [-0.3, -0.25) is 9.89 Å². The lowest BCUT2D eigenvalue weighted by atomic mass is 9.78. The minimum atomic E-state index is 0.0556. The van der Waals surface area contributed by atoms with Crippen LogP contribution in [0, 0.1) is 5.92 Å². The van der Waals surface area contributed by atoms with Gasteiger partial charge in [0.15, 0.2) is 0 Å². The van der Waals surface area contributed by atoms with Gasteiger partial charge in [-0.25, -0.2) is 0 Å². The van der Waals surface area contributed by atoms with E-state index in [0.29, 0.717) is 17.8 Å². The average molecular weight is 222 g/mol. The molecule has 2 rings (SSSR count). The monoisotopic (exact) mass is 222 g/mol. The molecule has 88 valence electrons. The summed E-state index contributed by atoms with van der Waals surface area (Å²) in [5, 5.41) is 9.87. The number of hydrogen-bond donors (Lipinski definition) is 3. The molecule has 1 aromatic heterocycles. The third-order valence-corrected chi connectivity index (χ3v) is 3.04. The maximum absolute atomic E-state index is 11.4. The zero-order chi connectivity index (χ0) is 11.7. The molecule has 5 heteroatoms. The van der Waals surface area contributed by atoms with E-state index in [0.717, 1.165) is 18.5 Å². The van der Waals surface area contributed by atoms with Crippen LogP contribution in [0.2, 0.25) is 0 Å². The summed E-state index contributed by atoms with van der Waals surface area (Å²) in [5.41, 5.74) is 6.57. The number of H-pyrrole nitrogens is 1. The minimum absolute atomic E-state index is 0.0556. The number of aromatic nitrogens is 2. The molecule has 1 aliphatic rings. The number of nitrogens with zero attached hydrogens (tertiary/aromatic N) is 1. The van der Waals surface area contributed by atoms with E-state index in [2.05, 4.69) is 15.5 Å². The molecule has 0 aromatic carbocycles. The van der Waals surface area contributed by atoms with E-state index in [4.69, 9.17) is 5.73 Å². The zero-order valence-corrected chi connectivity index (χ0v) is 9.66. The van der Waals surface area contributed by atoms with Crippen molar-refractivity contribution in [2.75, 3.05) is 5.73 Å². The van der Waals surface area contributed by atoms with Crippen LogP contribution in [0.15, 0.2) is 6.07 Å². The lowest BCUT2D eigenvalue weighted by Gasteiger charge is -2.35. The zero-order valence-electron chi connectivity index (χ0n) is 9.66. The maximum Gasteiger partial charge on any atom is 0.222 e. The third kappa shape index (κ3) is 2.18. The molecule has 1 saturated carbocycles. The molecule has 1 fully saturated rings. The summed E-state index contributed by atoms with van der Waals surface area (Å²) >= 11 is 0. The Morgan fingerprint density at radius 3 is 2.81 bits per heavy atom. The second kappa shape index (κ2) is 4.15. The fraction of sp³-hybridized carbons (Fsp3) is 0.636. The SMILES string of the molecule is CC(C)C(=O)N[C@H]1C[C@@H](c2cc(N)[nH]n2)C1. The number of carbonyl (C=O) groups is 1. The number of nitrogens with two attached hydrogens (primary N) is 1. The van der Waals surface area contributed by atoms with Gasteiger partial charge in [-0.2, -0.15) is 5.10 Å². The highest BCUT2D eigenvalue weighted by molar-refractivity contribution is 5.78. The number of nitrogens with one attached hydrogen (secondary N) is 2. The van der Waals surface area contributed by atoms with Crippen molar-refractivity contribution in [2.24, 2.45) is 5.92 Å². The molecule has 0 atom stereocenters. The number of rotatable bonds is 3. The van der Waals surface area contributed by atoms with Crippen molar-refractivity contribution in [1.29, 1.82) is 0 Å². The Morgan fingerprint density at radius 2 is 2.31 bits per heavy atom. The molecule has 5 nitrogen and oxygen atoms in total. The lowest BCUT2D eigenvalue weighted by molar-refractivity contribution is -0.125. The lowest BCUT2D eigenvalue weighted by Crippen LogP contribution is -2.44. The standard InChI is InChI=1S/C11H18N4O/c1-6(2)11(16)13-8-3-7(4-8)9-5-10(12)15-14-9/h5-8H,3-4H2,1-2H3,(H,13,16)(H3,12,14,15)/t7-,8+. The summed E-state index contributed by atoms with van der Waals surface area (Å²) in [6, 6.07) is 2.17. The molecule has 16 heavy (non-hydrogen) atoms. The second-order valence-corrected chi connectivity index (χ2v) is 4.78. The van der Waals surface area contributed by atoms with Gasteiger partial charge in [0.05, 0.1) is 5.69 Å². The molecule has 1 aromatic rings. The number of hydrogen-bond acceptors (Lipinski definition) is 3. The molecule has 4 N–H and O–H groups in total. The van der Waals surface area contributed by atoms with E-state index < -0.39 is 0 Å². The van der Waals surface area contributed by atoms with E-state index in [1.807, 2.05) is 19.9 Å². The highest BCUT2D eigenvalue weighted by Gasteiger charge is 2.33. The molecule has 0 radical (unpaired) electrons. The number of nitrogen functional groups attached to an aromatic ring is 1. The van der Waals surface area contributed by atoms with E-state index in [1.165, 1.54) is 0 Å². The topological polar surface area (TPSA) is 83.8 Å². The molecule has 1 heterocycles. The van der Waals surface area contributed by atoms with Crippen molar-refractivity contribution in [1.82, 2.24) is 15.5 Å². The van der Waals surface area contributed by atoms with E-state index in [-0.39, 0.29) is 11.8 Å². The predicted molar refractivity (Wildman–Crippen MR) is 61.7 cm³/mol. The molecular formula is C11H18N4O. The van der Waals surface area contributed by atoms with Crippen LogP contribution in [-0.2, 0) is 4.79 Å². The Balaban J connectivity index is 1.80. The van der Waals surface area contributed by atoms with E-state index in [9.17, 15) is 4.79 Å². The minimum Gasteiger partial charge on any atom is -0.384 e. The van der Waals surface area contributed by atoms with Crippen molar-refractivity contribution in [3.63, 3.8) is 0 Å². The first-order chi connectivity index (χ1) is 7.56. The van der Waals surface area contributed by atoms with Crippen LogP contribution >= 0.6 is 0 Å². The number of amides is 1. The van der Waals surface area contributed by atoms with Crippen molar-refractivity contribution >= 4 is 11.7 Å². The Kier molecular flexibility index (Phi) is 2.85. The first-order valence-corrected chi connectivity index (χ1v) is 5.67. The first-order valence-electron chi connectivity index (χ1n) is 5.67. The third-order valence-electron chi connectivity index (χ3n) is 3.04. The average Bonchev–Trinajstić information content (AvgIpc) is 2.56. The molecule has 0 bridgehead atoms. The highest BCUT2D eigenvalue weighted by atomic mass is 16.1. The molecule has 0 unspecified atom stereocenters. The van der Waals surface area contributed by atoms with Crippen LogP contribution < -0.4 is 11.1 Å². The van der Waals surface area contributed by atoms with Crippen LogP contribution in [0.25, 0.3) is 0 Å². The van der Waals surface area contributed by atoms with Crippen molar-refractivity contribution in [2.45, 2.75) is 38.6 Å². The summed E-state index contributed by atoms with van der Waals surface area (Å²) in [6.45, 7) is 3.81. The van der Waals surface area contributed by atoms with Crippen LogP contribution in [0.4, 0.5) is 5.82 Å². The summed E-state index contributed by atoms with van der Waals surface area (Å²) in [5.74, 6) is 1.22. The first kappa shape index (κ1) is 11.0. The maximum atomic E-state index is 11.4. The van der Waals surface area contributed by atoms with Crippen LogP contribution in [-0.4, -0.2) is 22.1 Å². The van der Waals surface area contributed by atoms with Gasteiger partial charge in [0.2, 0.25) is 5.91 Å². The van der Waals surface area contributed by atoms with Crippen molar-refractivity contribution in [3.8, 4) is 0 Å². The summed E-state index contributed by atoms with van der Waals surface area (Å²) in [7, 11) is 0. The smallest absolute Gasteiger partial charge is 0.222 e. The van der Waals surface area contributed by atoms with E-state index in [1.54, 1.807) is 0 Å². The Hall–Kier alpha value is -1.52. The summed E-state index contributed by atoms with van der Waals surface area (Å²) in [4.78, 5) is 11.4. The van der Waals surface area contributed by atoms with Gasteiger partial charge in [0.1, 0.15) is 5.82 Å². The number of aromatic amines is 1. The second-order valence-electron chi connectivity index (χ2n) is 4.78. The van der Waals surface area contributed by atoms with Crippen molar-refractivity contribution < 1.29 is 4.79 Å². The Morgan fingerprint density at radius 1 is 1.62 bits per heavy atom. The predicted octanol–water partition coefficient (Wildman–Crippen LogP) is 1.01. The molecule has 1 amide bonds. The normalized spacial score (nSPS) is 24.2.